The first-order valence-electron chi connectivity index (χ1n) is 4.29. The lowest BCUT2D eigenvalue weighted by Gasteiger charge is -2.13. The Morgan fingerprint density at radius 1 is 1.38 bits per heavy atom. The van der Waals surface area contributed by atoms with Gasteiger partial charge in [0.15, 0.2) is 11.1 Å². The summed E-state index contributed by atoms with van der Waals surface area (Å²) in [5.41, 5.74) is 1.08. The summed E-state index contributed by atoms with van der Waals surface area (Å²) in [6, 6.07) is 9.85. The predicted octanol–water partition coefficient (Wildman–Crippen LogP) is 2.45. The summed E-state index contributed by atoms with van der Waals surface area (Å²) in [5, 5.41) is 0. The maximum absolute atomic E-state index is 10.9. The van der Waals surface area contributed by atoms with E-state index >= 15 is 0 Å². The van der Waals surface area contributed by atoms with Crippen molar-refractivity contribution in [2.24, 2.45) is 0 Å². The monoisotopic (exact) mass is 198 g/mol. The summed E-state index contributed by atoms with van der Waals surface area (Å²) in [7, 11) is 0. The Morgan fingerprint density at radius 3 is 2.46 bits per heavy atom. The first-order chi connectivity index (χ1) is 6.24. The van der Waals surface area contributed by atoms with Crippen LogP contribution in [0.25, 0.3) is 0 Å². The molecular formula is C10H14O2S. The van der Waals surface area contributed by atoms with E-state index in [-0.39, 0.29) is 6.10 Å². The van der Waals surface area contributed by atoms with E-state index in [0.29, 0.717) is 0 Å². The molecule has 13 heavy (non-hydrogen) atoms. The van der Waals surface area contributed by atoms with Crippen molar-refractivity contribution in [2.75, 3.05) is 6.26 Å². The van der Waals surface area contributed by atoms with E-state index < -0.39 is 11.1 Å². The Morgan fingerprint density at radius 2 is 2.00 bits per heavy atom. The topological polar surface area (TPSA) is 26.3 Å². The van der Waals surface area contributed by atoms with E-state index in [1.165, 1.54) is 0 Å². The molecule has 0 aliphatic rings. The second-order valence-corrected chi connectivity index (χ2v) is 3.80. The van der Waals surface area contributed by atoms with Crippen LogP contribution in [0.3, 0.4) is 0 Å². The number of benzene rings is 1. The van der Waals surface area contributed by atoms with Gasteiger partial charge in [-0.05, 0) is 12.0 Å². The molecule has 0 aliphatic carbocycles. The van der Waals surface area contributed by atoms with Gasteiger partial charge in [0.1, 0.15) is 0 Å². The second kappa shape index (κ2) is 5.14. The normalized spacial score (nSPS) is 15.2. The summed E-state index contributed by atoms with van der Waals surface area (Å²) in [6.45, 7) is 2.02. The SMILES string of the molecule is CCC(OS(C)=O)c1ccccc1. The van der Waals surface area contributed by atoms with Crippen molar-refractivity contribution in [1.82, 2.24) is 0 Å². The highest BCUT2D eigenvalue weighted by Crippen LogP contribution is 2.20. The molecule has 0 aliphatic heterocycles. The van der Waals surface area contributed by atoms with E-state index in [4.69, 9.17) is 4.18 Å². The zero-order chi connectivity index (χ0) is 9.68. The lowest BCUT2D eigenvalue weighted by atomic mass is 10.1. The molecule has 0 amide bonds. The Bertz CT molecular complexity index is 272. The fourth-order valence-electron chi connectivity index (χ4n) is 1.19. The molecule has 0 saturated heterocycles. The molecule has 0 saturated carbocycles. The highest BCUT2D eigenvalue weighted by Gasteiger charge is 2.10. The summed E-state index contributed by atoms with van der Waals surface area (Å²) in [4.78, 5) is 0. The minimum absolute atomic E-state index is 0.0490. The van der Waals surface area contributed by atoms with Crippen molar-refractivity contribution >= 4 is 11.1 Å². The quantitative estimate of drug-likeness (QED) is 0.742. The minimum Gasteiger partial charge on any atom is -0.283 e. The molecule has 72 valence electrons. The Labute approximate surface area is 81.6 Å². The summed E-state index contributed by atoms with van der Waals surface area (Å²) < 4.78 is 16.1. The number of hydrogen-bond donors (Lipinski definition) is 0. The van der Waals surface area contributed by atoms with Gasteiger partial charge in [0.05, 0.1) is 6.10 Å². The van der Waals surface area contributed by atoms with Gasteiger partial charge >= 0.3 is 0 Å². The predicted molar refractivity (Wildman–Crippen MR) is 54.6 cm³/mol. The van der Waals surface area contributed by atoms with Gasteiger partial charge < -0.3 is 0 Å². The first-order valence-corrected chi connectivity index (χ1v) is 5.78. The van der Waals surface area contributed by atoms with E-state index in [2.05, 4.69) is 0 Å². The molecule has 0 spiro atoms. The van der Waals surface area contributed by atoms with Gasteiger partial charge in [-0.15, -0.1) is 0 Å². The lowest BCUT2D eigenvalue weighted by molar-refractivity contribution is 0.228. The van der Waals surface area contributed by atoms with Crippen LogP contribution < -0.4 is 0 Å². The van der Waals surface area contributed by atoms with Crippen LogP contribution in [0.1, 0.15) is 25.0 Å². The van der Waals surface area contributed by atoms with Gasteiger partial charge in [-0.1, -0.05) is 37.3 Å². The molecule has 0 aromatic heterocycles. The van der Waals surface area contributed by atoms with Gasteiger partial charge in [-0.25, -0.2) is 4.21 Å². The molecule has 2 nitrogen and oxygen atoms in total. The average molecular weight is 198 g/mol. The lowest BCUT2D eigenvalue weighted by Crippen LogP contribution is -2.04. The van der Waals surface area contributed by atoms with Gasteiger partial charge in [-0.3, -0.25) is 4.18 Å². The van der Waals surface area contributed by atoms with Crippen molar-refractivity contribution < 1.29 is 8.39 Å². The Balaban J connectivity index is 2.73. The standard InChI is InChI=1S/C10H14O2S/c1-3-10(12-13(2)11)9-7-5-4-6-8-9/h4-8,10H,3H2,1-2H3. The van der Waals surface area contributed by atoms with Crippen LogP contribution in [0.4, 0.5) is 0 Å². The molecule has 1 aromatic carbocycles. The summed E-state index contributed by atoms with van der Waals surface area (Å²) in [6.07, 6.45) is 2.34. The second-order valence-electron chi connectivity index (χ2n) is 2.81. The molecule has 0 radical (unpaired) electrons. The van der Waals surface area contributed by atoms with Crippen molar-refractivity contribution in [3.63, 3.8) is 0 Å². The third-order valence-electron chi connectivity index (χ3n) is 1.79. The van der Waals surface area contributed by atoms with Crippen molar-refractivity contribution in [2.45, 2.75) is 19.4 Å². The molecular weight excluding hydrogens is 184 g/mol. The fourth-order valence-corrected chi connectivity index (χ4v) is 1.76. The van der Waals surface area contributed by atoms with E-state index in [0.717, 1.165) is 12.0 Å². The van der Waals surface area contributed by atoms with Crippen LogP contribution >= 0.6 is 0 Å². The molecule has 0 heterocycles. The Kier molecular flexibility index (Phi) is 4.12. The highest BCUT2D eigenvalue weighted by molar-refractivity contribution is 7.79. The van der Waals surface area contributed by atoms with E-state index in [1.807, 2.05) is 37.3 Å². The third-order valence-corrected chi connectivity index (χ3v) is 2.30. The molecule has 3 heteroatoms. The average Bonchev–Trinajstić information content (AvgIpc) is 2.15. The van der Waals surface area contributed by atoms with E-state index in [1.54, 1.807) is 6.26 Å². The zero-order valence-corrected chi connectivity index (χ0v) is 8.71. The Hall–Kier alpha value is -0.670. The van der Waals surface area contributed by atoms with Gasteiger partial charge in [0.2, 0.25) is 0 Å². The van der Waals surface area contributed by atoms with Crippen LogP contribution in [0.5, 0.6) is 0 Å². The van der Waals surface area contributed by atoms with Crippen LogP contribution in [0, 0.1) is 0 Å². The summed E-state index contributed by atoms with van der Waals surface area (Å²) in [5.74, 6) is 0. The highest BCUT2D eigenvalue weighted by atomic mass is 32.2. The molecule has 1 rings (SSSR count). The smallest absolute Gasteiger partial charge is 0.152 e. The molecule has 0 bridgehead atoms. The number of hydrogen-bond acceptors (Lipinski definition) is 2. The van der Waals surface area contributed by atoms with Crippen LogP contribution in [0.15, 0.2) is 30.3 Å². The van der Waals surface area contributed by atoms with Crippen molar-refractivity contribution in [3.8, 4) is 0 Å². The fraction of sp³-hybridized carbons (Fsp3) is 0.400. The zero-order valence-electron chi connectivity index (χ0n) is 7.90. The number of rotatable bonds is 4. The molecule has 2 unspecified atom stereocenters. The van der Waals surface area contributed by atoms with Crippen LogP contribution in [-0.2, 0) is 15.3 Å². The largest absolute Gasteiger partial charge is 0.283 e. The van der Waals surface area contributed by atoms with Gasteiger partial charge in [-0.2, -0.15) is 0 Å². The maximum Gasteiger partial charge on any atom is 0.152 e. The van der Waals surface area contributed by atoms with Crippen molar-refractivity contribution in [1.29, 1.82) is 0 Å². The third kappa shape index (κ3) is 3.28. The van der Waals surface area contributed by atoms with Crippen LogP contribution in [0.2, 0.25) is 0 Å². The maximum atomic E-state index is 10.9. The molecule has 1 aromatic rings. The van der Waals surface area contributed by atoms with E-state index in [9.17, 15) is 4.21 Å². The minimum atomic E-state index is -1.20. The molecule has 0 fully saturated rings. The molecule has 2 atom stereocenters. The van der Waals surface area contributed by atoms with Gasteiger partial charge in [0, 0.05) is 6.26 Å². The first kappa shape index (κ1) is 10.4. The molecule has 0 N–H and O–H groups in total. The van der Waals surface area contributed by atoms with Crippen molar-refractivity contribution in [3.05, 3.63) is 35.9 Å². The van der Waals surface area contributed by atoms with Crippen LogP contribution in [-0.4, -0.2) is 10.5 Å². The van der Waals surface area contributed by atoms with Gasteiger partial charge in [0.25, 0.3) is 0 Å². The summed E-state index contributed by atoms with van der Waals surface area (Å²) >= 11 is -1.20.